The summed E-state index contributed by atoms with van der Waals surface area (Å²) in [5.74, 6) is 0. The van der Waals surface area contributed by atoms with Crippen molar-refractivity contribution < 1.29 is 8.83 Å². The average Bonchev–Trinajstić information content (AvgIpc) is 1.57. The molecule has 2 heterocycles. The van der Waals surface area contributed by atoms with Crippen LogP contribution in [0.25, 0.3) is 111 Å². The van der Waals surface area contributed by atoms with Crippen LogP contribution in [0, 0.1) is 0 Å². The molecule has 2 aromatic heterocycles. The van der Waals surface area contributed by atoms with E-state index in [2.05, 4.69) is 317 Å². The lowest BCUT2D eigenvalue weighted by Crippen LogP contribution is -2.17. The van der Waals surface area contributed by atoms with Crippen LogP contribution in [-0.2, 0) is 10.8 Å². The fourth-order valence-corrected chi connectivity index (χ4v) is 14.6. The lowest BCUT2D eigenvalue weighted by atomic mass is 9.79. The molecule has 17 rings (SSSR count). The molecule has 0 saturated carbocycles. The van der Waals surface area contributed by atoms with Crippen molar-refractivity contribution in [2.45, 2.75) is 38.5 Å². The van der Waals surface area contributed by atoms with Crippen LogP contribution in [0.5, 0.6) is 0 Å². The first-order valence-corrected chi connectivity index (χ1v) is 30.5. The Morgan fingerprint density at radius 2 is 0.636 bits per heavy atom. The predicted molar refractivity (Wildman–Crippen MR) is 367 cm³/mol. The highest BCUT2D eigenvalue weighted by Crippen LogP contribution is 2.60. The monoisotopic (exact) mass is 1130 g/mol. The summed E-state index contributed by atoms with van der Waals surface area (Å²) >= 11 is 0. The second kappa shape index (κ2) is 19.8. The van der Waals surface area contributed by atoms with Gasteiger partial charge < -0.3 is 18.6 Å². The van der Waals surface area contributed by atoms with E-state index >= 15 is 0 Å². The van der Waals surface area contributed by atoms with Crippen molar-refractivity contribution in [2.24, 2.45) is 0 Å². The second-order valence-corrected chi connectivity index (χ2v) is 24.8. The summed E-state index contributed by atoms with van der Waals surface area (Å²) < 4.78 is 13.1. The molecule has 0 aliphatic heterocycles. The Labute approximate surface area is 512 Å². The first kappa shape index (κ1) is 51.5. The molecule has 0 unspecified atom stereocenters. The zero-order valence-electron chi connectivity index (χ0n) is 49.4. The van der Waals surface area contributed by atoms with Crippen LogP contribution in [0.4, 0.5) is 34.1 Å². The topological polar surface area (TPSA) is 32.8 Å². The Kier molecular flexibility index (Phi) is 11.6. The molecule has 13 aromatic carbocycles. The third-order valence-corrected chi connectivity index (χ3v) is 19.1. The number of hydrogen-bond donors (Lipinski definition) is 0. The average molecular weight is 1130 g/mol. The molecular weight excluding hydrogens is 1070 g/mol. The van der Waals surface area contributed by atoms with Crippen molar-refractivity contribution >= 4 is 78.0 Å². The van der Waals surface area contributed by atoms with Gasteiger partial charge in [0, 0.05) is 77.5 Å². The van der Waals surface area contributed by atoms with E-state index in [1.165, 1.54) is 66.8 Å². The molecule has 4 nitrogen and oxygen atoms in total. The number of rotatable bonds is 10. The zero-order chi connectivity index (χ0) is 58.8. The van der Waals surface area contributed by atoms with Crippen LogP contribution in [0.3, 0.4) is 0 Å². The van der Waals surface area contributed by atoms with E-state index in [0.29, 0.717) is 0 Å². The summed E-state index contributed by atoms with van der Waals surface area (Å²) in [6, 6.07) is 106. The molecule has 0 amide bonds. The minimum absolute atomic E-state index is 0.286. The lowest BCUT2D eigenvalue weighted by Gasteiger charge is -2.29. The van der Waals surface area contributed by atoms with Gasteiger partial charge in [-0.25, -0.2) is 0 Å². The van der Waals surface area contributed by atoms with Crippen LogP contribution in [-0.4, -0.2) is 0 Å². The fraction of sp³-hybridized carbons (Fsp3) is 0.0714. The number of hydrogen-bond acceptors (Lipinski definition) is 4. The van der Waals surface area contributed by atoms with Gasteiger partial charge in [0.25, 0.3) is 0 Å². The Morgan fingerprint density at radius 3 is 1.16 bits per heavy atom. The molecule has 0 fully saturated rings. The Balaban J connectivity index is 0.772. The molecule has 15 aromatic rings. The highest BCUT2D eigenvalue weighted by atomic mass is 16.3. The molecule has 0 atom stereocenters. The molecule has 0 saturated heterocycles. The molecule has 0 spiro atoms. The number of fused-ring (bicyclic) bond motifs is 12. The van der Waals surface area contributed by atoms with Crippen molar-refractivity contribution in [3.63, 3.8) is 0 Å². The van der Waals surface area contributed by atoms with Crippen molar-refractivity contribution in [1.29, 1.82) is 0 Å². The van der Waals surface area contributed by atoms with E-state index in [0.717, 1.165) is 100 Å². The van der Waals surface area contributed by atoms with Gasteiger partial charge in [-0.05, 0) is 163 Å². The van der Waals surface area contributed by atoms with E-state index in [1.807, 2.05) is 12.1 Å². The van der Waals surface area contributed by atoms with Crippen molar-refractivity contribution in [3.8, 4) is 66.8 Å². The SMILES string of the molecule is CC1(C)c2cc(N(c3ccc(-c4ccccc4)cc3)c3ccc(-c4cccc5c4oc4ccccc45)cc3)ccc2-c2cc3c(cc21)-c1c(N(c2ccc(-c4ccccc4)cc2)c2ccc(-c4cccc5c4oc4ccccc45)cc2)cccc1C3(C)C. The summed E-state index contributed by atoms with van der Waals surface area (Å²) in [5.41, 5.74) is 29.1. The highest BCUT2D eigenvalue weighted by Gasteiger charge is 2.43. The van der Waals surface area contributed by atoms with E-state index < -0.39 is 0 Å². The molecule has 0 bridgehead atoms. The minimum Gasteiger partial charge on any atom is -0.455 e. The molecule has 418 valence electrons. The van der Waals surface area contributed by atoms with Gasteiger partial charge in [-0.3, -0.25) is 0 Å². The maximum Gasteiger partial charge on any atom is 0.143 e. The number of para-hydroxylation sites is 4. The fourth-order valence-electron chi connectivity index (χ4n) is 14.6. The number of nitrogens with zero attached hydrogens (tertiary/aromatic N) is 2. The van der Waals surface area contributed by atoms with Gasteiger partial charge in [-0.1, -0.05) is 228 Å². The summed E-state index contributed by atoms with van der Waals surface area (Å²) in [6.07, 6.45) is 0. The predicted octanol–water partition coefficient (Wildman–Crippen LogP) is 23.7. The van der Waals surface area contributed by atoms with Gasteiger partial charge in [-0.2, -0.15) is 0 Å². The maximum atomic E-state index is 6.56. The minimum atomic E-state index is -0.332. The molecule has 4 heteroatoms. The second-order valence-electron chi connectivity index (χ2n) is 24.8. The molecule has 2 aliphatic rings. The Morgan fingerprint density at radius 1 is 0.250 bits per heavy atom. The van der Waals surface area contributed by atoms with Gasteiger partial charge in [0.2, 0.25) is 0 Å². The van der Waals surface area contributed by atoms with Gasteiger partial charge >= 0.3 is 0 Å². The Bertz CT molecular complexity index is 5230. The first-order chi connectivity index (χ1) is 43.1. The van der Waals surface area contributed by atoms with Crippen LogP contribution < -0.4 is 9.80 Å². The highest BCUT2D eigenvalue weighted by molar-refractivity contribution is 6.11. The van der Waals surface area contributed by atoms with E-state index in [1.54, 1.807) is 0 Å². The van der Waals surface area contributed by atoms with Crippen LogP contribution in [0.15, 0.2) is 300 Å². The van der Waals surface area contributed by atoms with Crippen molar-refractivity contribution in [3.05, 3.63) is 313 Å². The maximum absolute atomic E-state index is 6.56. The third kappa shape index (κ3) is 8.06. The van der Waals surface area contributed by atoms with Gasteiger partial charge in [0.1, 0.15) is 22.3 Å². The van der Waals surface area contributed by atoms with Gasteiger partial charge in [0.15, 0.2) is 0 Å². The largest absolute Gasteiger partial charge is 0.455 e. The van der Waals surface area contributed by atoms with E-state index in [9.17, 15) is 0 Å². The quantitative estimate of drug-likeness (QED) is 0.137. The number of benzene rings is 13. The normalized spacial score (nSPS) is 13.4. The number of anilines is 6. The zero-order valence-corrected chi connectivity index (χ0v) is 49.4. The molecule has 2 aliphatic carbocycles. The van der Waals surface area contributed by atoms with Crippen molar-refractivity contribution in [2.75, 3.05) is 9.80 Å². The molecule has 0 radical (unpaired) electrons. The standard InChI is InChI=1S/C84H60N2O2/c1-83(2)73-28-17-29-77(86(61-42-34-56(35-43-61)54-20-9-6-10-21-54)62-46-38-58(39-47-62)65-25-16-27-70-68-23-12-14-31-79(68)88-82(65)70)80(73)72-52-75-71(51-76(72)83)66-49-48-63(50-74(66)84(75,3)4)85(59-40-32-55(33-41-59)53-18-7-5-8-19-53)60-44-36-57(37-45-60)64-24-15-26-69-67-22-11-13-30-78(67)87-81(64)69/h5-52H,1-4H3. The smallest absolute Gasteiger partial charge is 0.143 e. The Hall–Kier alpha value is -10.9. The summed E-state index contributed by atoms with van der Waals surface area (Å²) in [6.45, 7) is 9.66. The van der Waals surface area contributed by atoms with Gasteiger partial charge in [-0.15, -0.1) is 0 Å². The van der Waals surface area contributed by atoms with Crippen LogP contribution in [0.1, 0.15) is 49.9 Å². The molecule has 88 heavy (non-hydrogen) atoms. The van der Waals surface area contributed by atoms with Crippen LogP contribution in [0.2, 0.25) is 0 Å². The van der Waals surface area contributed by atoms with E-state index in [-0.39, 0.29) is 10.8 Å². The summed E-state index contributed by atoms with van der Waals surface area (Å²) in [4.78, 5) is 4.88. The first-order valence-electron chi connectivity index (χ1n) is 30.5. The van der Waals surface area contributed by atoms with Crippen LogP contribution >= 0.6 is 0 Å². The lowest BCUT2D eigenvalue weighted by molar-refractivity contribution is 0.652. The van der Waals surface area contributed by atoms with Crippen molar-refractivity contribution in [1.82, 2.24) is 0 Å². The van der Waals surface area contributed by atoms with E-state index in [4.69, 9.17) is 8.83 Å². The van der Waals surface area contributed by atoms with Gasteiger partial charge in [0.05, 0.1) is 5.69 Å². The molecule has 0 N–H and O–H groups in total. The number of furan rings is 2. The molecular formula is C84H60N2O2. The third-order valence-electron chi connectivity index (χ3n) is 19.1. The summed E-state index contributed by atoms with van der Waals surface area (Å²) in [5, 5.41) is 4.51. The summed E-state index contributed by atoms with van der Waals surface area (Å²) in [7, 11) is 0.